The maximum atomic E-state index is 12.3. The summed E-state index contributed by atoms with van der Waals surface area (Å²) in [6.45, 7) is 6.84. The van der Waals surface area contributed by atoms with Crippen molar-refractivity contribution in [3.8, 4) is 0 Å². The molecular weight excluding hydrogens is 266 g/mol. The Hall–Kier alpha value is -1.78. The normalized spacial score (nSPS) is 12.1. The van der Waals surface area contributed by atoms with Crippen LogP contribution >= 0.6 is 0 Å². The fraction of sp³-hybridized carbons (Fsp3) is 0.625. The second-order valence-corrected chi connectivity index (χ2v) is 5.59. The van der Waals surface area contributed by atoms with Crippen LogP contribution in [0.1, 0.15) is 61.1 Å². The third kappa shape index (κ3) is 5.25. The predicted octanol–water partition coefficient (Wildman–Crippen LogP) is 2.30. The van der Waals surface area contributed by atoms with E-state index in [1.807, 2.05) is 6.92 Å². The molecule has 1 aromatic heterocycles. The van der Waals surface area contributed by atoms with Gasteiger partial charge in [0, 0.05) is 18.4 Å². The summed E-state index contributed by atoms with van der Waals surface area (Å²) < 4.78 is 0. The lowest BCUT2D eigenvalue weighted by Gasteiger charge is -2.15. The summed E-state index contributed by atoms with van der Waals surface area (Å²) in [5.41, 5.74) is 7.20. The van der Waals surface area contributed by atoms with Crippen LogP contribution in [-0.2, 0) is 11.2 Å². The van der Waals surface area contributed by atoms with Crippen LogP contribution in [0.3, 0.4) is 0 Å². The van der Waals surface area contributed by atoms with Crippen LogP contribution < -0.4 is 11.1 Å². The number of carbonyl (C=O) groups excluding carboxylic acids is 2. The summed E-state index contributed by atoms with van der Waals surface area (Å²) in [5.74, 6) is -0.0621. The second kappa shape index (κ2) is 8.49. The summed E-state index contributed by atoms with van der Waals surface area (Å²) in [6.07, 6.45) is 6.34. The van der Waals surface area contributed by atoms with Crippen LogP contribution in [0.4, 0.5) is 0 Å². The van der Waals surface area contributed by atoms with Crippen molar-refractivity contribution in [1.29, 1.82) is 0 Å². The SMILES string of the molecule is CCCCC(CC)CNC(=O)c1c(C)c[nH]c1CC(N)=O. The molecule has 0 saturated carbocycles. The molecule has 0 fully saturated rings. The summed E-state index contributed by atoms with van der Waals surface area (Å²) >= 11 is 0. The molecule has 1 atom stereocenters. The van der Waals surface area contributed by atoms with Gasteiger partial charge in [-0.25, -0.2) is 0 Å². The molecule has 0 aliphatic carbocycles. The zero-order valence-corrected chi connectivity index (χ0v) is 13.3. The van der Waals surface area contributed by atoms with Gasteiger partial charge in [-0.05, 0) is 24.8 Å². The molecule has 0 radical (unpaired) electrons. The highest BCUT2D eigenvalue weighted by Gasteiger charge is 2.18. The molecule has 0 saturated heterocycles. The predicted molar refractivity (Wildman–Crippen MR) is 84.1 cm³/mol. The Morgan fingerprint density at radius 2 is 2.10 bits per heavy atom. The standard InChI is InChI=1S/C16H27N3O2/c1-4-6-7-12(5-2)10-19-16(21)15-11(3)9-18-13(15)8-14(17)20/h9,12,18H,4-8,10H2,1-3H3,(H2,17,20)(H,19,21). The maximum Gasteiger partial charge on any atom is 0.253 e. The molecule has 5 heteroatoms. The number of unbranched alkanes of at least 4 members (excludes halogenated alkanes) is 1. The van der Waals surface area contributed by atoms with Gasteiger partial charge in [-0.1, -0.05) is 33.1 Å². The van der Waals surface area contributed by atoms with Crippen molar-refractivity contribution in [3.63, 3.8) is 0 Å². The van der Waals surface area contributed by atoms with Gasteiger partial charge in [0.1, 0.15) is 0 Å². The average molecular weight is 293 g/mol. The number of aromatic amines is 1. The van der Waals surface area contributed by atoms with Gasteiger partial charge in [0.15, 0.2) is 0 Å². The number of nitrogens with two attached hydrogens (primary N) is 1. The van der Waals surface area contributed by atoms with E-state index < -0.39 is 5.91 Å². The molecule has 0 aliphatic heterocycles. The third-order valence-electron chi connectivity index (χ3n) is 3.83. The highest BCUT2D eigenvalue weighted by molar-refractivity contribution is 5.98. The van der Waals surface area contributed by atoms with Crippen molar-refractivity contribution in [2.24, 2.45) is 11.7 Å². The van der Waals surface area contributed by atoms with E-state index in [0.717, 1.165) is 18.4 Å². The van der Waals surface area contributed by atoms with Crippen molar-refractivity contribution < 1.29 is 9.59 Å². The van der Waals surface area contributed by atoms with E-state index in [2.05, 4.69) is 24.1 Å². The highest BCUT2D eigenvalue weighted by atomic mass is 16.2. The number of hydrogen-bond acceptors (Lipinski definition) is 2. The van der Waals surface area contributed by atoms with Crippen LogP contribution in [-0.4, -0.2) is 23.3 Å². The molecule has 5 nitrogen and oxygen atoms in total. The Morgan fingerprint density at radius 3 is 2.67 bits per heavy atom. The fourth-order valence-electron chi connectivity index (χ4n) is 2.48. The smallest absolute Gasteiger partial charge is 0.253 e. The van der Waals surface area contributed by atoms with Crippen LogP contribution in [0, 0.1) is 12.8 Å². The molecule has 0 spiro atoms. The van der Waals surface area contributed by atoms with E-state index in [1.54, 1.807) is 6.20 Å². The van der Waals surface area contributed by atoms with Crippen molar-refractivity contribution in [1.82, 2.24) is 10.3 Å². The second-order valence-electron chi connectivity index (χ2n) is 5.59. The zero-order chi connectivity index (χ0) is 15.8. The van der Waals surface area contributed by atoms with Gasteiger partial charge >= 0.3 is 0 Å². The van der Waals surface area contributed by atoms with E-state index in [1.165, 1.54) is 12.8 Å². The number of hydrogen-bond donors (Lipinski definition) is 3. The fourth-order valence-corrected chi connectivity index (χ4v) is 2.48. The van der Waals surface area contributed by atoms with Crippen LogP contribution in [0.2, 0.25) is 0 Å². The van der Waals surface area contributed by atoms with Gasteiger partial charge in [0.05, 0.1) is 12.0 Å². The molecule has 4 N–H and O–H groups in total. The zero-order valence-electron chi connectivity index (χ0n) is 13.3. The van der Waals surface area contributed by atoms with Crippen molar-refractivity contribution in [3.05, 3.63) is 23.0 Å². The lowest BCUT2D eigenvalue weighted by molar-refractivity contribution is -0.117. The molecular formula is C16H27N3O2. The van der Waals surface area contributed by atoms with E-state index in [4.69, 9.17) is 5.73 Å². The molecule has 0 aliphatic rings. The van der Waals surface area contributed by atoms with E-state index in [0.29, 0.717) is 23.7 Å². The van der Waals surface area contributed by atoms with Gasteiger partial charge in [-0.3, -0.25) is 9.59 Å². The minimum Gasteiger partial charge on any atom is -0.369 e. The van der Waals surface area contributed by atoms with E-state index >= 15 is 0 Å². The lowest BCUT2D eigenvalue weighted by atomic mass is 9.99. The van der Waals surface area contributed by atoms with Gasteiger partial charge < -0.3 is 16.0 Å². The molecule has 2 amide bonds. The Kier molecular flexibility index (Phi) is 6.99. The molecule has 1 heterocycles. The Balaban J connectivity index is 2.66. The topological polar surface area (TPSA) is 88.0 Å². The summed E-state index contributed by atoms with van der Waals surface area (Å²) in [6, 6.07) is 0. The van der Waals surface area contributed by atoms with Gasteiger partial charge in [-0.2, -0.15) is 0 Å². The van der Waals surface area contributed by atoms with Gasteiger partial charge in [0.25, 0.3) is 5.91 Å². The van der Waals surface area contributed by atoms with Gasteiger partial charge in [0.2, 0.25) is 5.91 Å². The first-order valence-electron chi connectivity index (χ1n) is 7.72. The minimum atomic E-state index is -0.444. The number of nitrogens with one attached hydrogen (secondary N) is 2. The molecule has 1 aromatic rings. The lowest BCUT2D eigenvalue weighted by Crippen LogP contribution is -2.30. The number of carbonyl (C=O) groups is 2. The monoisotopic (exact) mass is 293 g/mol. The third-order valence-corrected chi connectivity index (χ3v) is 3.83. The largest absolute Gasteiger partial charge is 0.369 e. The Morgan fingerprint density at radius 1 is 1.38 bits per heavy atom. The van der Waals surface area contributed by atoms with Crippen molar-refractivity contribution in [2.45, 2.75) is 52.9 Å². The number of H-pyrrole nitrogens is 1. The summed E-state index contributed by atoms with van der Waals surface area (Å²) in [4.78, 5) is 26.4. The minimum absolute atomic E-state index is 0.0592. The average Bonchev–Trinajstić information content (AvgIpc) is 2.79. The summed E-state index contributed by atoms with van der Waals surface area (Å²) in [5, 5.41) is 2.99. The number of rotatable bonds is 9. The number of amides is 2. The molecule has 118 valence electrons. The first kappa shape index (κ1) is 17.3. The van der Waals surface area contributed by atoms with Crippen LogP contribution in [0.25, 0.3) is 0 Å². The van der Waals surface area contributed by atoms with E-state index in [-0.39, 0.29) is 12.3 Å². The van der Waals surface area contributed by atoms with Crippen molar-refractivity contribution in [2.75, 3.05) is 6.54 Å². The van der Waals surface area contributed by atoms with Crippen LogP contribution in [0.15, 0.2) is 6.20 Å². The molecule has 1 unspecified atom stereocenters. The van der Waals surface area contributed by atoms with E-state index in [9.17, 15) is 9.59 Å². The first-order chi connectivity index (χ1) is 9.99. The summed E-state index contributed by atoms with van der Waals surface area (Å²) in [7, 11) is 0. The molecule has 21 heavy (non-hydrogen) atoms. The van der Waals surface area contributed by atoms with Crippen LogP contribution in [0.5, 0.6) is 0 Å². The molecule has 0 aromatic carbocycles. The maximum absolute atomic E-state index is 12.3. The van der Waals surface area contributed by atoms with Gasteiger partial charge in [-0.15, -0.1) is 0 Å². The first-order valence-corrected chi connectivity index (χ1v) is 7.72. The Labute approximate surface area is 126 Å². The number of aryl methyl sites for hydroxylation is 1. The number of aromatic nitrogens is 1. The van der Waals surface area contributed by atoms with Crippen molar-refractivity contribution >= 4 is 11.8 Å². The highest BCUT2D eigenvalue weighted by Crippen LogP contribution is 2.15. The number of primary amides is 1. The molecule has 1 rings (SSSR count). The quantitative estimate of drug-likeness (QED) is 0.652. The Bertz CT molecular complexity index is 480. The molecule has 0 bridgehead atoms.